The Balaban J connectivity index is 1.99. The van der Waals surface area contributed by atoms with Crippen molar-refractivity contribution in [2.24, 2.45) is 0 Å². The van der Waals surface area contributed by atoms with E-state index in [-0.39, 0.29) is 17.9 Å². The largest absolute Gasteiger partial charge is 0.476 e. The van der Waals surface area contributed by atoms with Crippen molar-refractivity contribution in [2.75, 3.05) is 0 Å². The highest BCUT2D eigenvalue weighted by atomic mass is 19.1. The van der Waals surface area contributed by atoms with Crippen molar-refractivity contribution in [2.45, 2.75) is 11.8 Å². The molecule has 144 valence electrons. The maximum Gasteiger partial charge on any atom is 0.357 e. The SMILES string of the molecule is C=CC(=O)n1nc(C(=O)O)c2c1CC(c1ccccc1)(c1cccc(F)c1)C=C2. The van der Waals surface area contributed by atoms with Crippen molar-refractivity contribution in [3.05, 3.63) is 107 Å². The zero-order valence-electron chi connectivity index (χ0n) is 15.4. The molecule has 1 N–H and O–H groups in total. The number of halogens is 1. The molecule has 0 saturated carbocycles. The van der Waals surface area contributed by atoms with E-state index in [0.717, 1.165) is 16.3 Å². The van der Waals surface area contributed by atoms with E-state index in [2.05, 4.69) is 11.7 Å². The summed E-state index contributed by atoms with van der Waals surface area (Å²) in [7, 11) is 0. The van der Waals surface area contributed by atoms with E-state index < -0.39 is 17.3 Å². The minimum atomic E-state index is -1.22. The molecule has 0 fully saturated rings. The van der Waals surface area contributed by atoms with Crippen LogP contribution in [-0.2, 0) is 11.8 Å². The summed E-state index contributed by atoms with van der Waals surface area (Å²) >= 11 is 0. The molecule has 29 heavy (non-hydrogen) atoms. The Kier molecular flexibility index (Phi) is 4.47. The molecule has 5 nitrogen and oxygen atoms in total. The van der Waals surface area contributed by atoms with Gasteiger partial charge in [0.1, 0.15) is 5.82 Å². The number of allylic oxidation sites excluding steroid dienone is 2. The third kappa shape index (κ3) is 2.99. The number of carboxylic acids is 1. The van der Waals surface area contributed by atoms with Gasteiger partial charge in [0.25, 0.3) is 5.91 Å². The number of aromatic carboxylic acids is 1. The van der Waals surface area contributed by atoms with E-state index in [1.807, 2.05) is 42.5 Å². The predicted molar refractivity (Wildman–Crippen MR) is 106 cm³/mol. The van der Waals surface area contributed by atoms with Gasteiger partial charge in [-0.05, 0) is 29.3 Å². The summed E-state index contributed by atoms with van der Waals surface area (Å²) in [5, 5.41) is 13.5. The summed E-state index contributed by atoms with van der Waals surface area (Å²) in [5.41, 5.74) is 1.42. The number of nitrogens with zero attached hydrogens (tertiary/aromatic N) is 2. The van der Waals surface area contributed by atoms with E-state index in [1.54, 1.807) is 12.1 Å². The molecule has 0 bridgehead atoms. The zero-order valence-corrected chi connectivity index (χ0v) is 15.4. The molecule has 0 aliphatic heterocycles. The van der Waals surface area contributed by atoms with Crippen molar-refractivity contribution < 1.29 is 19.1 Å². The summed E-state index contributed by atoms with van der Waals surface area (Å²) in [6.45, 7) is 3.48. The van der Waals surface area contributed by atoms with Crippen molar-refractivity contribution in [3.63, 3.8) is 0 Å². The average molecular weight is 388 g/mol. The maximum atomic E-state index is 14.1. The summed E-state index contributed by atoms with van der Waals surface area (Å²) < 4.78 is 15.2. The number of fused-ring (bicyclic) bond motifs is 1. The quantitative estimate of drug-likeness (QED) is 0.683. The molecule has 0 spiro atoms. The number of carbonyl (C=O) groups excluding carboxylic acids is 1. The molecule has 1 heterocycles. The molecule has 0 amide bonds. The maximum absolute atomic E-state index is 14.1. The van der Waals surface area contributed by atoms with Crippen molar-refractivity contribution in [1.82, 2.24) is 9.78 Å². The first-order chi connectivity index (χ1) is 14.0. The highest BCUT2D eigenvalue weighted by molar-refractivity contribution is 5.95. The van der Waals surface area contributed by atoms with Crippen LogP contribution in [0.15, 0.2) is 73.3 Å². The fourth-order valence-corrected chi connectivity index (χ4v) is 3.85. The van der Waals surface area contributed by atoms with E-state index in [0.29, 0.717) is 16.8 Å². The van der Waals surface area contributed by atoms with Crippen LogP contribution in [0.4, 0.5) is 4.39 Å². The molecule has 1 atom stereocenters. The number of rotatable bonds is 4. The number of carboxylic acid groups (broad SMARTS) is 1. The topological polar surface area (TPSA) is 72.2 Å². The number of aromatic nitrogens is 2. The van der Waals surface area contributed by atoms with Gasteiger partial charge in [0.05, 0.1) is 5.69 Å². The van der Waals surface area contributed by atoms with Gasteiger partial charge in [-0.3, -0.25) is 4.79 Å². The molecular formula is C23H17FN2O3. The Morgan fingerprint density at radius 1 is 1.14 bits per heavy atom. The van der Waals surface area contributed by atoms with Gasteiger partial charge in [-0.15, -0.1) is 0 Å². The third-order valence-corrected chi connectivity index (χ3v) is 5.22. The second kappa shape index (κ2) is 6.98. The van der Waals surface area contributed by atoms with Crippen LogP contribution in [0.5, 0.6) is 0 Å². The fourth-order valence-electron chi connectivity index (χ4n) is 3.85. The Morgan fingerprint density at radius 3 is 2.52 bits per heavy atom. The Hall–Kier alpha value is -3.80. The van der Waals surface area contributed by atoms with Crippen LogP contribution in [0.2, 0.25) is 0 Å². The second-order valence-electron chi connectivity index (χ2n) is 6.83. The number of carbonyl (C=O) groups is 2. The lowest BCUT2D eigenvalue weighted by Crippen LogP contribution is -2.32. The highest BCUT2D eigenvalue weighted by Gasteiger charge is 2.39. The first-order valence-corrected chi connectivity index (χ1v) is 8.99. The number of hydrogen-bond donors (Lipinski definition) is 1. The molecule has 3 aromatic rings. The van der Waals surface area contributed by atoms with Gasteiger partial charge in [-0.1, -0.05) is 61.2 Å². The van der Waals surface area contributed by atoms with Gasteiger partial charge in [-0.2, -0.15) is 9.78 Å². The van der Waals surface area contributed by atoms with Gasteiger partial charge in [-0.25, -0.2) is 9.18 Å². The van der Waals surface area contributed by atoms with Crippen LogP contribution < -0.4 is 0 Å². The van der Waals surface area contributed by atoms with Gasteiger partial charge < -0.3 is 5.11 Å². The molecule has 1 unspecified atom stereocenters. The lowest BCUT2D eigenvalue weighted by Gasteiger charge is -2.35. The highest BCUT2D eigenvalue weighted by Crippen LogP contribution is 2.42. The lowest BCUT2D eigenvalue weighted by molar-refractivity contribution is 0.0689. The third-order valence-electron chi connectivity index (χ3n) is 5.22. The molecule has 6 heteroatoms. The smallest absolute Gasteiger partial charge is 0.357 e. The van der Waals surface area contributed by atoms with Gasteiger partial charge in [0, 0.05) is 17.4 Å². The molecule has 0 radical (unpaired) electrons. The monoisotopic (exact) mass is 388 g/mol. The van der Waals surface area contributed by atoms with Gasteiger partial charge in [0.15, 0.2) is 5.69 Å². The first-order valence-electron chi connectivity index (χ1n) is 8.99. The number of hydrogen-bond acceptors (Lipinski definition) is 3. The standard InChI is InChI=1S/C23H17FN2O3/c1-2-20(27)26-19-14-23(15-7-4-3-5-8-15,16-9-6-10-17(24)13-16)12-11-18(19)21(25-26)22(28)29/h2-13H,1,14H2,(H,28,29). The lowest BCUT2D eigenvalue weighted by atomic mass is 9.68. The van der Waals surface area contributed by atoms with Crippen molar-refractivity contribution in [1.29, 1.82) is 0 Å². The Morgan fingerprint density at radius 2 is 1.86 bits per heavy atom. The van der Waals surface area contributed by atoms with Gasteiger partial charge >= 0.3 is 5.97 Å². The molecule has 0 saturated heterocycles. The van der Waals surface area contributed by atoms with E-state index >= 15 is 0 Å². The van der Waals surface area contributed by atoms with E-state index in [4.69, 9.17) is 0 Å². The van der Waals surface area contributed by atoms with Crippen molar-refractivity contribution in [3.8, 4) is 0 Å². The second-order valence-corrected chi connectivity index (χ2v) is 6.83. The molecule has 1 aromatic heterocycles. The van der Waals surface area contributed by atoms with Gasteiger partial charge in [0.2, 0.25) is 0 Å². The first kappa shape index (κ1) is 18.6. The Bertz CT molecular complexity index is 1160. The predicted octanol–water partition coefficient (Wildman–Crippen LogP) is 4.10. The van der Waals surface area contributed by atoms with E-state index in [1.165, 1.54) is 12.1 Å². The van der Waals surface area contributed by atoms with Crippen LogP contribution in [0.25, 0.3) is 6.08 Å². The van der Waals surface area contributed by atoms with Crippen LogP contribution >= 0.6 is 0 Å². The molecule has 1 aliphatic carbocycles. The minimum absolute atomic E-state index is 0.202. The molecular weight excluding hydrogens is 371 g/mol. The number of benzene rings is 2. The van der Waals surface area contributed by atoms with Crippen LogP contribution in [-0.4, -0.2) is 26.8 Å². The zero-order chi connectivity index (χ0) is 20.6. The van der Waals surface area contributed by atoms with Crippen LogP contribution in [0, 0.1) is 5.82 Å². The summed E-state index contributed by atoms with van der Waals surface area (Å²) in [6, 6.07) is 15.8. The summed E-state index contributed by atoms with van der Waals surface area (Å²) in [5.74, 6) is -2.12. The summed E-state index contributed by atoms with van der Waals surface area (Å²) in [4.78, 5) is 24.0. The normalized spacial score (nSPS) is 17.6. The summed E-state index contributed by atoms with van der Waals surface area (Å²) in [6.07, 6.45) is 4.84. The van der Waals surface area contributed by atoms with Crippen LogP contribution in [0.3, 0.4) is 0 Å². The molecule has 1 aliphatic rings. The van der Waals surface area contributed by atoms with E-state index in [9.17, 15) is 19.1 Å². The van der Waals surface area contributed by atoms with Crippen molar-refractivity contribution >= 4 is 18.0 Å². The molecule has 4 rings (SSSR count). The Labute approximate surface area is 166 Å². The molecule has 2 aromatic carbocycles. The van der Waals surface area contributed by atoms with Crippen LogP contribution in [0.1, 0.15) is 37.7 Å². The fraction of sp³-hybridized carbons (Fsp3) is 0.0870. The minimum Gasteiger partial charge on any atom is -0.476 e. The average Bonchev–Trinajstić information content (AvgIpc) is 3.12.